The quantitative estimate of drug-likeness (QED) is 0.182. The molecule has 3 N–H and O–H groups in total. The number of hydrogen-bond donors (Lipinski definition) is 3. The third-order valence-corrected chi connectivity index (χ3v) is 9.00. The van der Waals surface area contributed by atoms with E-state index in [1.807, 2.05) is 0 Å². The molecule has 0 spiro atoms. The molecule has 2 heterocycles. The Morgan fingerprint density at radius 3 is 2.51 bits per heavy atom. The molecule has 0 saturated heterocycles. The highest BCUT2D eigenvalue weighted by molar-refractivity contribution is 7.89. The predicted molar refractivity (Wildman–Crippen MR) is 149 cm³/mol. The standard InChI is InChI=1S/C27H31N2O12PS/c30-27(39-21-12-13-36-17-21)28-23(14-19-6-2-1-3-7-19)26(41-42(31,32)33)16-29(40-20-8-4-5-9-20)43(34,35)22-10-11-24-25(15-22)38-18-37-24/h1-3,6-7,10-13,15,17,20,23,26H,4-5,8-9,14,16,18H2,(H,28,30)(H2,31,32,33)/t23-,26+/m0/s1. The van der Waals surface area contributed by atoms with E-state index in [2.05, 4.69) is 5.32 Å². The summed E-state index contributed by atoms with van der Waals surface area (Å²) in [4.78, 5) is 38.4. The van der Waals surface area contributed by atoms with Crippen molar-refractivity contribution in [2.75, 3.05) is 13.3 Å². The van der Waals surface area contributed by atoms with E-state index in [1.54, 1.807) is 30.3 Å². The fourth-order valence-corrected chi connectivity index (χ4v) is 6.69. The molecule has 43 heavy (non-hydrogen) atoms. The number of fused-ring (bicyclic) bond motifs is 1. The molecule has 2 aromatic carbocycles. The first-order valence-electron chi connectivity index (χ1n) is 13.4. The van der Waals surface area contributed by atoms with Crippen LogP contribution in [0, 0.1) is 0 Å². The second-order valence-electron chi connectivity index (χ2n) is 9.94. The van der Waals surface area contributed by atoms with Gasteiger partial charge in [-0.2, -0.15) is 0 Å². The summed E-state index contributed by atoms with van der Waals surface area (Å²) < 4.78 is 66.7. The lowest BCUT2D eigenvalue weighted by molar-refractivity contribution is -0.144. The lowest BCUT2D eigenvalue weighted by Gasteiger charge is -2.33. The lowest BCUT2D eigenvalue weighted by Crippen LogP contribution is -2.52. The molecule has 2 aliphatic rings. The summed E-state index contributed by atoms with van der Waals surface area (Å²) in [5.41, 5.74) is 0.664. The number of hydroxylamine groups is 1. The first kappa shape index (κ1) is 31.0. The van der Waals surface area contributed by atoms with Crippen LogP contribution in [0.2, 0.25) is 0 Å². The number of ether oxygens (including phenoxy) is 3. The Hall–Kier alpha value is -3.43. The van der Waals surface area contributed by atoms with Gasteiger partial charge in [0, 0.05) is 12.1 Å². The van der Waals surface area contributed by atoms with Gasteiger partial charge in [0.25, 0.3) is 10.0 Å². The van der Waals surface area contributed by atoms with E-state index in [0.29, 0.717) is 28.6 Å². The van der Waals surface area contributed by atoms with Gasteiger partial charge in [-0.05, 0) is 37.0 Å². The minimum atomic E-state index is -5.23. The van der Waals surface area contributed by atoms with Crippen LogP contribution in [0.4, 0.5) is 4.79 Å². The molecule has 0 radical (unpaired) electrons. The minimum absolute atomic E-state index is 0.00661. The summed E-state index contributed by atoms with van der Waals surface area (Å²) in [6.07, 6.45) is 2.23. The largest absolute Gasteiger partial charge is 0.469 e. The third kappa shape index (κ3) is 8.36. The predicted octanol–water partition coefficient (Wildman–Crippen LogP) is 3.75. The molecule has 0 unspecified atom stereocenters. The molecular formula is C27H31N2O12PS. The average Bonchev–Trinajstić information content (AvgIpc) is 3.75. The van der Waals surface area contributed by atoms with Crippen LogP contribution in [0.1, 0.15) is 31.2 Å². The molecular weight excluding hydrogens is 607 g/mol. The van der Waals surface area contributed by atoms with Gasteiger partial charge in [0.2, 0.25) is 6.79 Å². The molecule has 1 saturated carbocycles. The average molecular weight is 639 g/mol. The second-order valence-corrected chi connectivity index (χ2v) is 13.0. The molecule has 0 bridgehead atoms. The number of nitrogens with zero attached hydrogens (tertiary/aromatic N) is 1. The van der Waals surface area contributed by atoms with E-state index in [9.17, 15) is 27.6 Å². The minimum Gasteiger partial charge on any atom is -0.469 e. The van der Waals surface area contributed by atoms with Crippen LogP contribution >= 0.6 is 7.82 Å². The van der Waals surface area contributed by atoms with Gasteiger partial charge in [-0.1, -0.05) is 47.6 Å². The highest BCUT2D eigenvalue weighted by atomic mass is 32.2. The zero-order chi connectivity index (χ0) is 30.5. The fourth-order valence-electron chi connectivity index (χ4n) is 4.81. The fraction of sp³-hybridized carbons (Fsp3) is 0.370. The summed E-state index contributed by atoms with van der Waals surface area (Å²) in [5, 5.41) is 2.57. The Bertz CT molecular complexity index is 1520. The number of hydrogen-bond acceptors (Lipinski definition) is 10. The molecule has 3 aromatic rings. The molecule has 1 aromatic heterocycles. The maximum Gasteiger partial charge on any atom is 0.469 e. The van der Waals surface area contributed by atoms with Crippen molar-refractivity contribution in [2.24, 2.45) is 0 Å². The number of furan rings is 1. The number of sulfonamides is 1. The summed E-state index contributed by atoms with van der Waals surface area (Å²) in [5.74, 6) is 0.670. The van der Waals surface area contributed by atoms with Gasteiger partial charge in [-0.15, -0.1) is 0 Å². The summed E-state index contributed by atoms with van der Waals surface area (Å²) in [6.45, 7) is -0.761. The van der Waals surface area contributed by atoms with Crippen molar-refractivity contribution in [3.8, 4) is 17.2 Å². The molecule has 232 valence electrons. The number of nitrogens with one attached hydrogen (secondary N) is 1. The topological polar surface area (TPSA) is 183 Å². The summed E-state index contributed by atoms with van der Waals surface area (Å²) in [6, 6.07) is 13.0. The van der Waals surface area contributed by atoms with Gasteiger partial charge in [0.05, 0.1) is 29.8 Å². The van der Waals surface area contributed by atoms with Crippen LogP contribution in [0.15, 0.2) is 76.4 Å². The summed E-state index contributed by atoms with van der Waals surface area (Å²) >= 11 is 0. The number of phosphoric ester groups is 1. The number of amides is 1. The number of carbonyl (C=O) groups is 1. The second kappa shape index (κ2) is 13.5. The SMILES string of the molecule is O=C(N[C@@H](Cc1ccccc1)[C@@H](CN(OC1CCCC1)S(=O)(=O)c1ccc2c(c1)OCO2)OP(=O)(O)O)Oc1ccoc1. The van der Waals surface area contributed by atoms with Gasteiger partial charge in [0.1, 0.15) is 12.4 Å². The Morgan fingerprint density at radius 1 is 1.07 bits per heavy atom. The lowest BCUT2D eigenvalue weighted by atomic mass is 10.0. The molecule has 1 aliphatic carbocycles. The Labute approximate surface area is 247 Å². The molecule has 14 nitrogen and oxygen atoms in total. The van der Waals surface area contributed by atoms with Crippen LogP contribution in [-0.2, 0) is 30.4 Å². The van der Waals surface area contributed by atoms with E-state index in [1.165, 1.54) is 36.8 Å². The van der Waals surface area contributed by atoms with Crippen molar-refractivity contribution in [1.82, 2.24) is 9.79 Å². The highest BCUT2D eigenvalue weighted by Crippen LogP contribution is 2.40. The molecule has 1 aliphatic heterocycles. The van der Waals surface area contributed by atoms with E-state index in [4.69, 9.17) is 28.0 Å². The summed E-state index contributed by atoms with van der Waals surface area (Å²) in [7, 11) is -9.68. The van der Waals surface area contributed by atoms with Crippen molar-refractivity contribution in [1.29, 1.82) is 0 Å². The van der Waals surface area contributed by atoms with Gasteiger partial charge in [-0.3, -0.25) is 9.36 Å². The van der Waals surface area contributed by atoms with Crippen molar-refractivity contribution in [2.45, 2.75) is 55.2 Å². The van der Waals surface area contributed by atoms with Crippen molar-refractivity contribution in [3.05, 3.63) is 72.7 Å². The van der Waals surface area contributed by atoms with Crippen LogP contribution in [0.25, 0.3) is 0 Å². The smallest absolute Gasteiger partial charge is 0.469 e. The van der Waals surface area contributed by atoms with Crippen molar-refractivity contribution in [3.63, 3.8) is 0 Å². The van der Waals surface area contributed by atoms with Crippen molar-refractivity contribution >= 4 is 23.9 Å². The van der Waals surface area contributed by atoms with Crippen LogP contribution in [0.5, 0.6) is 17.2 Å². The van der Waals surface area contributed by atoms with E-state index >= 15 is 0 Å². The van der Waals surface area contributed by atoms with Crippen LogP contribution in [-0.4, -0.2) is 60.4 Å². The normalized spacial score (nSPS) is 16.7. The maximum absolute atomic E-state index is 14.0. The first-order chi connectivity index (χ1) is 20.6. The van der Waals surface area contributed by atoms with Gasteiger partial charge in [0.15, 0.2) is 17.2 Å². The molecule has 2 atom stereocenters. The van der Waals surface area contributed by atoms with Crippen molar-refractivity contribution < 1.29 is 55.6 Å². The van der Waals surface area contributed by atoms with Gasteiger partial charge in [-0.25, -0.2) is 17.8 Å². The number of rotatable bonds is 13. The molecule has 16 heteroatoms. The Balaban J connectivity index is 1.48. The number of benzene rings is 2. The molecule has 5 rings (SSSR count). The van der Waals surface area contributed by atoms with Gasteiger partial charge >= 0.3 is 13.9 Å². The highest BCUT2D eigenvalue weighted by Gasteiger charge is 2.39. The first-order valence-corrected chi connectivity index (χ1v) is 16.4. The van der Waals surface area contributed by atoms with Crippen LogP contribution in [0.3, 0.4) is 0 Å². The Morgan fingerprint density at radius 2 is 1.81 bits per heavy atom. The third-order valence-electron chi connectivity index (χ3n) is 6.84. The van der Waals surface area contributed by atoms with Crippen LogP contribution < -0.4 is 19.5 Å². The Kier molecular flexibility index (Phi) is 9.72. The molecule has 1 fully saturated rings. The number of phosphoric acid groups is 1. The zero-order valence-electron chi connectivity index (χ0n) is 22.8. The van der Waals surface area contributed by atoms with E-state index in [-0.39, 0.29) is 29.6 Å². The zero-order valence-corrected chi connectivity index (χ0v) is 24.5. The van der Waals surface area contributed by atoms with E-state index < -0.39 is 48.7 Å². The van der Waals surface area contributed by atoms with Gasteiger partial charge < -0.3 is 33.7 Å². The van der Waals surface area contributed by atoms with E-state index in [0.717, 1.165) is 12.8 Å². The monoisotopic (exact) mass is 638 g/mol. The molecule has 1 amide bonds. The number of carbonyl (C=O) groups excluding carboxylic acids is 1. The maximum atomic E-state index is 14.0.